The molecule has 0 spiro atoms. The minimum absolute atomic E-state index is 0.0533. The number of aromatic nitrogens is 1. The average Bonchev–Trinajstić information content (AvgIpc) is 2.79. The third-order valence-corrected chi connectivity index (χ3v) is 5.23. The van der Waals surface area contributed by atoms with Gasteiger partial charge >= 0.3 is 5.97 Å². The fourth-order valence-corrected chi connectivity index (χ4v) is 3.40. The van der Waals surface area contributed by atoms with Gasteiger partial charge in [-0.15, -0.1) is 0 Å². The molecule has 0 unspecified atom stereocenters. The summed E-state index contributed by atoms with van der Waals surface area (Å²) in [6, 6.07) is 8.55. The maximum atomic E-state index is 12.8. The van der Waals surface area contributed by atoms with Crippen molar-refractivity contribution in [2.45, 2.75) is 13.5 Å². The van der Waals surface area contributed by atoms with E-state index in [0.717, 1.165) is 13.1 Å². The monoisotopic (exact) mass is 424 g/mol. The SMILES string of the molecule is COC(=O)c1ccccc1N=Cc1c(C)c(C#N)c(=O)n(CCN2CCOCC2)c1O. The first-order valence-corrected chi connectivity index (χ1v) is 9.86. The number of nitriles is 1. The highest BCUT2D eigenvalue weighted by atomic mass is 16.5. The van der Waals surface area contributed by atoms with Crippen LogP contribution in [0.15, 0.2) is 34.1 Å². The molecule has 0 bridgehead atoms. The summed E-state index contributed by atoms with van der Waals surface area (Å²) in [4.78, 5) is 31.2. The molecule has 1 aromatic carbocycles. The van der Waals surface area contributed by atoms with Crippen molar-refractivity contribution in [1.29, 1.82) is 5.26 Å². The van der Waals surface area contributed by atoms with Crippen molar-refractivity contribution in [3.8, 4) is 11.9 Å². The first-order valence-electron chi connectivity index (χ1n) is 9.86. The molecule has 9 nitrogen and oxygen atoms in total. The molecular formula is C22H24N4O5. The second-order valence-corrected chi connectivity index (χ2v) is 7.03. The molecule has 1 fully saturated rings. The van der Waals surface area contributed by atoms with Gasteiger partial charge in [0, 0.05) is 32.4 Å². The number of pyridine rings is 1. The van der Waals surface area contributed by atoms with Crippen LogP contribution >= 0.6 is 0 Å². The number of methoxy groups -OCH3 is 1. The number of para-hydroxylation sites is 1. The Hall–Kier alpha value is -3.48. The van der Waals surface area contributed by atoms with Crippen LogP contribution in [0.2, 0.25) is 0 Å². The molecule has 0 amide bonds. The number of ether oxygens (including phenoxy) is 2. The molecule has 1 aliphatic rings. The molecule has 2 aromatic rings. The first kappa shape index (κ1) is 22.2. The number of carbonyl (C=O) groups is 1. The lowest BCUT2D eigenvalue weighted by Crippen LogP contribution is -2.39. The second kappa shape index (κ2) is 10.0. The van der Waals surface area contributed by atoms with Crippen LogP contribution in [0.25, 0.3) is 0 Å². The van der Waals surface area contributed by atoms with Gasteiger partial charge in [0.05, 0.1) is 37.1 Å². The number of aliphatic imine (C=N–C) groups is 1. The fourth-order valence-electron chi connectivity index (χ4n) is 3.40. The van der Waals surface area contributed by atoms with Gasteiger partial charge in [-0.05, 0) is 24.6 Å². The molecule has 162 valence electrons. The zero-order chi connectivity index (χ0) is 22.4. The topological polar surface area (TPSA) is 117 Å². The van der Waals surface area contributed by atoms with Gasteiger partial charge in [-0.1, -0.05) is 12.1 Å². The van der Waals surface area contributed by atoms with Crippen molar-refractivity contribution in [1.82, 2.24) is 9.47 Å². The standard InChI is InChI=1S/C22H24N4O5/c1-15-17(13-23)20(27)26(8-7-25-9-11-31-12-10-25)21(28)18(15)14-24-19-6-4-3-5-16(19)22(29)30-2/h3-6,14,28H,7-12H2,1-2H3. The lowest BCUT2D eigenvalue weighted by Gasteiger charge is -2.27. The summed E-state index contributed by atoms with van der Waals surface area (Å²) < 4.78 is 11.3. The van der Waals surface area contributed by atoms with Gasteiger partial charge in [-0.2, -0.15) is 5.26 Å². The fraction of sp³-hybridized carbons (Fsp3) is 0.364. The zero-order valence-electron chi connectivity index (χ0n) is 17.5. The van der Waals surface area contributed by atoms with Gasteiger partial charge in [-0.3, -0.25) is 19.3 Å². The smallest absolute Gasteiger partial charge is 0.340 e. The average molecular weight is 424 g/mol. The van der Waals surface area contributed by atoms with Gasteiger partial charge in [-0.25, -0.2) is 4.79 Å². The number of hydrogen-bond acceptors (Lipinski definition) is 8. The Kier molecular flexibility index (Phi) is 7.18. The largest absolute Gasteiger partial charge is 0.494 e. The Morgan fingerprint density at radius 1 is 1.32 bits per heavy atom. The second-order valence-electron chi connectivity index (χ2n) is 7.03. The minimum Gasteiger partial charge on any atom is -0.494 e. The van der Waals surface area contributed by atoms with E-state index in [4.69, 9.17) is 9.47 Å². The molecule has 9 heteroatoms. The predicted molar refractivity (Wildman–Crippen MR) is 114 cm³/mol. The summed E-state index contributed by atoms with van der Waals surface area (Å²) in [5.41, 5.74) is 0.585. The molecule has 1 saturated heterocycles. The van der Waals surface area contributed by atoms with Crippen molar-refractivity contribution in [3.05, 3.63) is 56.9 Å². The molecule has 1 aromatic heterocycles. The quantitative estimate of drug-likeness (QED) is 0.553. The third-order valence-electron chi connectivity index (χ3n) is 5.23. The van der Waals surface area contributed by atoms with Crippen molar-refractivity contribution in [3.63, 3.8) is 0 Å². The summed E-state index contributed by atoms with van der Waals surface area (Å²) >= 11 is 0. The minimum atomic E-state index is -0.544. The van der Waals surface area contributed by atoms with E-state index in [0.29, 0.717) is 31.0 Å². The van der Waals surface area contributed by atoms with E-state index in [1.807, 2.05) is 6.07 Å². The van der Waals surface area contributed by atoms with Gasteiger partial charge in [0.25, 0.3) is 5.56 Å². The van der Waals surface area contributed by atoms with Crippen molar-refractivity contribution in [2.24, 2.45) is 4.99 Å². The van der Waals surface area contributed by atoms with Crippen LogP contribution in [-0.4, -0.2) is 66.7 Å². The number of aromatic hydroxyl groups is 1. The van der Waals surface area contributed by atoms with E-state index in [1.165, 1.54) is 17.9 Å². The molecule has 2 heterocycles. The Bertz CT molecular complexity index is 1090. The van der Waals surface area contributed by atoms with Crippen molar-refractivity contribution in [2.75, 3.05) is 40.0 Å². The number of benzene rings is 1. The Morgan fingerprint density at radius 3 is 2.71 bits per heavy atom. The van der Waals surface area contributed by atoms with Crippen LogP contribution in [0.1, 0.15) is 27.0 Å². The van der Waals surface area contributed by atoms with Crippen LogP contribution in [0.3, 0.4) is 0 Å². The van der Waals surface area contributed by atoms with E-state index in [-0.39, 0.29) is 29.1 Å². The molecule has 0 aliphatic carbocycles. The van der Waals surface area contributed by atoms with E-state index in [1.54, 1.807) is 31.2 Å². The summed E-state index contributed by atoms with van der Waals surface area (Å²) in [5.74, 6) is -0.809. The van der Waals surface area contributed by atoms with E-state index >= 15 is 0 Å². The number of nitrogens with zero attached hydrogens (tertiary/aromatic N) is 4. The van der Waals surface area contributed by atoms with E-state index in [2.05, 4.69) is 9.89 Å². The lowest BCUT2D eigenvalue weighted by molar-refractivity contribution is 0.0360. The maximum Gasteiger partial charge on any atom is 0.340 e. The first-order chi connectivity index (χ1) is 15.0. The summed E-state index contributed by atoms with van der Waals surface area (Å²) in [6.07, 6.45) is 1.36. The van der Waals surface area contributed by atoms with Gasteiger partial charge in [0.1, 0.15) is 11.6 Å². The lowest BCUT2D eigenvalue weighted by atomic mass is 10.1. The van der Waals surface area contributed by atoms with Crippen LogP contribution < -0.4 is 5.56 Å². The van der Waals surface area contributed by atoms with Crippen LogP contribution in [-0.2, 0) is 16.0 Å². The molecule has 0 radical (unpaired) electrons. The van der Waals surface area contributed by atoms with Crippen LogP contribution in [0.5, 0.6) is 5.88 Å². The molecule has 0 saturated carbocycles. The zero-order valence-corrected chi connectivity index (χ0v) is 17.5. The summed E-state index contributed by atoms with van der Waals surface area (Å²) in [5, 5.41) is 20.3. The Labute approximate surface area is 179 Å². The summed E-state index contributed by atoms with van der Waals surface area (Å²) in [7, 11) is 1.28. The van der Waals surface area contributed by atoms with Crippen LogP contribution in [0, 0.1) is 18.3 Å². The third kappa shape index (κ3) is 4.82. The Balaban J connectivity index is 1.99. The number of morpholine rings is 1. The maximum absolute atomic E-state index is 12.8. The molecular weight excluding hydrogens is 400 g/mol. The van der Waals surface area contributed by atoms with E-state index in [9.17, 15) is 20.0 Å². The molecule has 3 rings (SSSR count). The molecule has 1 aliphatic heterocycles. The predicted octanol–water partition coefficient (Wildman–Crippen LogP) is 1.60. The highest BCUT2D eigenvalue weighted by molar-refractivity contribution is 5.96. The van der Waals surface area contributed by atoms with E-state index < -0.39 is 11.5 Å². The number of esters is 1. The van der Waals surface area contributed by atoms with Gasteiger partial charge in [0.2, 0.25) is 5.88 Å². The highest BCUT2D eigenvalue weighted by Gasteiger charge is 2.19. The normalized spacial score (nSPS) is 14.5. The molecule has 0 atom stereocenters. The van der Waals surface area contributed by atoms with Gasteiger partial charge in [0.15, 0.2) is 0 Å². The number of carbonyl (C=O) groups excluding carboxylic acids is 1. The number of hydrogen-bond donors (Lipinski definition) is 1. The Morgan fingerprint density at radius 2 is 2.03 bits per heavy atom. The van der Waals surface area contributed by atoms with Crippen molar-refractivity contribution < 1.29 is 19.4 Å². The number of rotatable bonds is 6. The molecule has 31 heavy (non-hydrogen) atoms. The van der Waals surface area contributed by atoms with Crippen molar-refractivity contribution >= 4 is 17.9 Å². The van der Waals surface area contributed by atoms with Gasteiger partial charge < -0.3 is 14.6 Å². The molecule has 1 N–H and O–H groups in total. The van der Waals surface area contributed by atoms with Crippen LogP contribution in [0.4, 0.5) is 5.69 Å². The summed E-state index contributed by atoms with van der Waals surface area (Å²) in [6.45, 7) is 5.06. The highest BCUT2D eigenvalue weighted by Crippen LogP contribution is 2.23.